The molecule has 102 valence electrons. The summed E-state index contributed by atoms with van der Waals surface area (Å²) in [5, 5.41) is 0. The Kier molecular flexibility index (Phi) is 5.05. The molecule has 0 aliphatic carbocycles. The molecule has 6 nitrogen and oxygen atoms in total. The van der Waals surface area contributed by atoms with E-state index in [1.54, 1.807) is 0 Å². The van der Waals surface area contributed by atoms with Crippen molar-refractivity contribution in [2.45, 2.75) is 6.92 Å². The summed E-state index contributed by atoms with van der Waals surface area (Å²) in [6.07, 6.45) is 0.531. The zero-order valence-corrected chi connectivity index (χ0v) is 10.9. The highest BCUT2D eigenvalue weighted by Gasteiger charge is 2.17. The number of Topliss-reactive ketones (excluding diaryl/α,β-unsaturated/α-hetero) is 1. The summed E-state index contributed by atoms with van der Waals surface area (Å²) in [6.45, 7) is 0.772. The molecule has 1 aromatic carbocycles. The number of methoxy groups -OCH3 is 2. The van der Waals surface area contributed by atoms with Crippen LogP contribution in [0.2, 0.25) is 0 Å². The number of ketones is 1. The van der Waals surface area contributed by atoms with Crippen molar-refractivity contribution in [1.29, 1.82) is 0 Å². The molecule has 0 bridgehead atoms. The second-order valence-electron chi connectivity index (χ2n) is 3.62. The quantitative estimate of drug-likeness (QED) is 0.438. The molecule has 0 atom stereocenters. The Morgan fingerprint density at radius 2 is 1.74 bits per heavy atom. The van der Waals surface area contributed by atoms with Crippen molar-refractivity contribution in [3.63, 3.8) is 0 Å². The van der Waals surface area contributed by atoms with E-state index in [1.165, 1.54) is 33.3 Å². The summed E-state index contributed by atoms with van der Waals surface area (Å²) >= 11 is 0. The Balaban J connectivity index is 3.14. The molecule has 0 N–H and O–H groups in total. The number of hydrogen-bond acceptors (Lipinski definition) is 6. The second-order valence-corrected chi connectivity index (χ2v) is 3.62. The van der Waals surface area contributed by atoms with E-state index in [4.69, 9.17) is 9.47 Å². The number of aldehydes is 1. The largest absolute Gasteiger partial charge is 0.493 e. The minimum absolute atomic E-state index is 0.119. The third-order valence-corrected chi connectivity index (χ3v) is 2.39. The third-order valence-electron chi connectivity index (χ3n) is 2.39. The number of carbonyl (C=O) groups excluding carboxylic acids is 3. The molecule has 0 saturated heterocycles. The van der Waals surface area contributed by atoms with Crippen LogP contribution in [0.3, 0.4) is 0 Å². The van der Waals surface area contributed by atoms with Gasteiger partial charge in [0.15, 0.2) is 24.4 Å². The monoisotopic (exact) mass is 266 g/mol. The van der Waals surface area contributed by atoms with Gasteiger partial charge in [-0.1, -0.05) is 0 Å². The lowest BCUT2D eigenvalue weighted by Crippen LogP contribution is -2.14. The normalized spacial score (nSPS) is 9.63. The maximum Gasteiger partial charge on any atom is 0.303 e. The average Bonchev–Trinajstić information content (AvgIpc) is 2.42. The van der Waals surface area contributed by atoms with Crippen LogP contribution in [0.15, 0.2) is 12.1 Å². The van der Waals surface area contributed by atoms with E-state index >= 15 is 0 Å². The first-order valence-electron chi connectivity index (χ1n) is 5.41. The van der Waals surface area contributed by atoms with Crippen LogP contribution in [0.1, 0.15) is 27.6 Å². The standard InChI is InChI=1S/C13H14O6/c1-8(15)19-7-11(16)10-5-13(18-3)12(17-2)4-9(10)6-14/h4-6H,7H2,1-3H3. The summed E-state index contributed by atoms with van der Waals surface area (Å²) in [6, 6.07) is 2.78. The van der Waals surface area contributed by atoms with E-state index in [1.807, 2.05) is 0 Å². The molecule has 0 radical (unpaired) electrons. The first-order chi connectivity index (χ1) is 9.03. The number of carbonyl (C=O) groups is 3. The molecular weight excluding hydrogens is 252 g/mol. The molecule has 0 unspecified atom stereocenters. The summed E-state index contributed by atoms with van der Waals surface area (Å²) in [5.74, 6) is -0.396. The fourth-order valence-electron chi connectivity index (χ4n) is 1.48. The van der Waals surface area contributed by atoms with Crippen molar-refractivity contribution in [3.8, 4) is 11.5 Å². The summed E-state index contributed by atoms with van der Waals surface area (Å²) in [4.78, 5) is 33.5. The van der Waals surface area contributed by atoms with E-state index < -0.39 is 18.4 Å². The first-order valence-corrected chi connectivity index (χ1v) is 5.41. The van der Waals surface area contributed by atoms with Crippen molar-refractivity contribution < 1.29 is 28.6 Å². The summed E-state index contributed by atoms with van der Waals surface area (Å²) < 4.78 is 14.7. The van der Waals surface area contributed by atoms with Gasteiger partial charge in [0.2, 0.25) is 5.78 Å². The molecule has 0 amide bonds. The van der Waals surface area contributed by atoms with Crippen LogP contribution >= 0.6 is 0 Å². The van der Waals surface area contributed by atoms with Gasteiger partial charge in [0.05, 0.1) is 14.2 Å². The predicted octanol–water partition coefficient (Wildman–Crippen LogP) is 1.26. The van der Waals surface area contributed by atoms with Crippen LogP contribution in [0.4, 0.5) is 0 Å². The Bertz CT molecular complexity index is 506. The van der Waals surface area contributed by atoms with Gasteiger partial charge in [0.25, 0.3) is 0 Å². The fourth-order valence-corrected chi connectivity index (χ4v) is 1.48. The number of benzene rings is 1. The van der Waals surface area contributed by atoms with Crippen molar-refractivity contribution in [1.82, 2.24) is 0 Å². The van der Waals surface area contributed by atoms with E-state index in [0.717, 1.165) is 0 Å². The number of rotatable bonds is 6. The predicted molar refractivity (Wildman–Crippen MR) is 65.9 cm³/mol. The topological polar surface area (TPSA) is 78.9 Å². The Morgan fingerprint density at radius 1 is 1.16 bits per heavy atom. The maximum atomic E-state index is 11.9. The van der Waals surface area contributed by atoms with Gasteiger partial charge in [0.1, 0.15) is 0 Å². The Hall–Kier alpha value is -2.37. The first kappa shape index (κ1) is 14.7. The lowest BCUT2D eigenvalue weighted by molar-refractivity contribution is -0.139. The molecule has 0 aromatic heterocycles. The SMILES string of the molecule is COc1cc(C=O)c(C(=O)COC(C)=O)cc1OC. The van der Waals surface area contributed by atoms with Crippen molar-refractivity contribution >= 4 is 18.0 Å². The van der Waals surface area contributed by atoms with Crippen LogP contribution in [0.25, 0.3) is 0 Å². The van der Waals surface area contributed by atoms with Crippen LogP contribution in [-0.4, -0.2) is 38.9 Å². The minimum atomic E-state index is -0.568. The Labute approximate surface area is 110 Å². The van der Waals surface area contributed by atoms with E-state index in [0.29, 0.717) is 17.8 Å². The third kappa shape index (κ3) is 3.54. The lowest BCUT2D eigenvalue weighted by Gasteiger charge is -2.11. The molecule has 0 spiro atoms. The molecule has 1 aromatic rings. The van der Waals surface area contributed by atoms with Gasteiger partial charge in [-0.25, -0.2) is 0 Å². The summed E-state index contributed by atoms with van der Waals surface area (Å²) in [7, 11) is 2.84. The van der Waals surface area contributed by atoms with E-state index in [2.05, 4.69) is 4.74 Å². The molecular formula is C13H14O6. The van der Waals surface area contributed by atoms with Gasteiger partial charge < -0.3 is 14.2 Å². The van der Waals surface area contributed by atoms with Gasteiger partial charge in [-0.05, 0) is 12.1 Å². The van der Waals surface area contributed by atoms with E-state index in [9.17, 15) is 14.4 Å². The van der Waals surface area contributed by atoms with Crippen LogP contribution < -0.4 is 9.47 Å². The van der Waals surface area contributed by atoms with Crippen molar-refractivity contribution in [2.75, 3.05) is 20.8 Å². The van der Waals surface area contributed by atoms with Crippen LogP contribution in [0, 0.1) is 0 Å². The van der Waals surface area contributed by atoms with Crippen molar-refractivity contribution in [2.24, 2.45) is 0 Å². The number of ether oxygens (including phenoxy) is 3. The smallest absolute Gasteiger partial charge is 0.303 e. The van der Waals surface area contributed by atoms with Crippen LogP contribution in [-0.2, 0) is 9.53 Å². The molecule has 6 heteroatoms. The highest BCUT2D eigenvalue weighted by atomic mass is 16.5. The van der Waals surface area contributed by atoms with Gasteiger partial charge in [-0.2, -0.15) is 0 Å². The molecule has 0 heterocycles. The van der Waals surface area contributed by atoms with Gasteiger partial charge in [0, 0.05) is 18.1 Å². The van der Waals surface area contributed by atoms with E-state index in [-0.39, 0.29) is 11.1 Å². The number of esters is 1. The lowest BCUT2D eigenvalue weighted by atomic mass is 10.0. The molecule has 1 rings (SSSR count). The zero-order chi connectivity index (χ0) is 14.4. The molecule has 0 aliphatic heterocycles. The van der Waals surface area contributed by atoms with Gasteiger partial charge in [-0.15, -0.1) is 0 Å². The maximum absolute atomic E-state index is 11.9. The highest BCUT2D eigenvalue weighted by molar-refractivity contribution is 6.04. The fraction of sp³-hybridized carbons (Fsp3) is 0.308. The van der Waals surface area contributed by atoms with Crippen LogP contribution in [0.5, 0.6) is 11.5 Å². The summed E-state index contributed by atoms with van der Waals surface area (Å²) in [5.41, 5.74) is 0.267. The van der Waals surface area contributed by atoms with Crippen molar-refractivity contribution in [3.05, 3.63) is 23.3 Å². The average molecular weight is 266 g/mol. The molecule has 0 saturated carbocycles. The van der Waals surface area contributed by atoms with Gasteiger partial charge >= 0.3 is 5.97 Å². The van der Waals surface area contributed by atoms with Gasteiger partial charge in [-0.3, -0.25) is 14.4 Å². The Morgan fingerprint density at radius 3 is 2.21 bits per heavy atom. The zero-order valence-electron chi connectivity index (χ0n) is 10.9. The second kappa shape index (κ2) is 6.53. The molecule has 0 fully saturated rings. The minimum Gasteiger partial charge on any atom is -0.493 e. The number of hydrogen-bond donors (Lipinski definition) is 0. The molecule has 0 aliphatic rings. The molecule has 19 heavy (non-hydrogen) atoms. The highest BCUT2D eigenvalue weighted by Crippen LogP contribution is 2.30.